The summed E-state index contributed by atoms with van der Waals surface area (Å²) in [5.41, 5.74) is 0.312. The van der Waals surface area contributed by atoms with E-state index >= 15 is 0 Å². The van der Waals surface area contributed by atoms with Gasteiger partial charge in [-0.15, -0.1) is 10.2 Å². The van der Waals surface area contributed by atoms with Gasteiger partial charge in [-0.25, -0.2) is 4.98 Å². The van der Waals surface area contributed by atoms with E-state index in [2.05, 4.69) is 30.3 Å². The van der Waals surface area contributed by atoms with E-state index in [1.54, 1.807) is 13.2 Å². The summed E-state index contributed by atoms with van der Waals surface area (Å²) in [7, 11) is 1.59. The van der Waals surface area contributed by atoms with Crippen molar-refractivity contribution in [1.29, 1.82) is 0 Å². The lowest BCUT2D eigenvalue weighted by Gasteiger charge is -2.35. The fraction of sp³-hybridized carbons (Fsp3) is 0.412. The number of piperazine rings is 1. The molecule has 1 fully saturated rings. The van der Waals surface area contributed by atoms with Crippen LogP contribution in [0.2, 0.25) is 0 Å². The Balaban J connectivity index is 1.54. The number of aromatic nitrogens is 3. The van der Waals surface area contributed by atoms with Gasteiger partial charge >= 0.3 is 0 Å². The Morgan fingerprint density at radius 2 is 1.84 bits per heavy atom. The Labute approximate surface area is 146 Å². The van der Waals surface area contributed by atoms with Crippen molar-refractivity contribution in [3.63, 3.8) is 0 Å². The number of nitrogens with one attached hydrogen (secondary N) is 1. The molecule has 1 saturated heterocycles. The maximum absolute atomic E-state index is 11.9. The number of methoxy groups -OCH3 is 1. The second-order valence-electron chi connectivity index (χ2n) is 5.69. The molecule has 2 aromatic rings. The smallest absolute Gasteiger partial charge is 0.271 e. The minimum atomic E-state index is -0.240. The van der Waals surface area contributed by atoms with Gasteiger partial charge in [-0.05, 0) is 24.3 Å². The molecule has 0 saturated carbocycles. The third kappa shape index (κ3) is 4.42. The van der Waals surface area contributed by atoms with Gasteiger partial charge in [-0.3, -0.25) is 4.79 Å². The first kappa shape index (κ1) is 17.1. The summed E-state index contributed by atoms with van der Waals surface area (Å²) in [4.78, 5) is 20.7. The molecular weight excluding hydrogens is 320 g/mol. The van der Waals surface area contributed by atoms with Crippen LogP contribution in [0, 0.1) is 0 Å². The molecule has 0 radical (unpaired) electrons. The maximum atomic E-state index is 11.9. The SMILES string of the molecule is COCCNC(=O)c1ccc(N2CCN(c3ccccn3)CC2)nn1. The van der Waals surface area contributed by atoms with Gasteiger partial charge in [0.25, 0.3) is 5.91 Å². The zero-order chi connectivity index (χ0) is 17.5. The highest BCUT2D eigenvalue weighted by Gasteiger charge is 2.19. The standard InChI is InChI=1S/C17H22N6O2/c1-25-13-8-19-17(24)14-5-6-16(21-20-14)23-11-9-22(10-12-23)15-4-2-3-7-18-15/h2-7H,8-13H2,1H3,(H,19,24). The monoisotopic (exact) mass is 342 g/mol. The number of anilines is 2. The van der Waals surface area contributed by atoms with Crippen molar-refractivity contribution in [3.05, 3.63) is 42.2 Å². The number of carbonyl (C=O) groups excluding carboxylic acids is 1. The van der Waals surface area contributed by atoms with Crippen molar-refractivity contribution in [2.75, 3.05) is 56.2 Å². The highest BCUT2D eigenvalue weighted by atomic mass is 16.5. The quantitative estimate of drug-likeness (QED) is 0.769. The molecular formula is C17H22N6O2. The zero-order valence-electron chi connectivity index (χ0n) is 14.3. The minimum absolute atomic E-state index is 0.240. The van der Waals surface area contributed by atoms with E-state index in [0.717, 1.165) is 37.8 Å². The van der Waals surface area contributed by atoms with E-state index in [4.69, 9.17) is 4.74 Å². The number of amides is 1. The number of rotatable bonds is 6. The lowest BCUT2D eigenvalue weighted by Crippen LogP contribution is -2.47. The van der Waals surface area contributed by atoms with Crippen LogP contribution in [0.25, 0.3) is 0 Å². The zero-order valence-corrected chi connectivity index (χ0v) is 14.3. The summed E-state index contributed by atoms with van der Waals surface area (Å²) in [6, 6.07) is 9.48. The summed E-state index contributed by atoms with van der Waals surface area (Å²) in [5.74, 6) is 1.54. The normalized spacial score (nSPS) is 14.4. The van der Waals surface area contributed by atoms with Gasteiger partial charge < -0.3 is 19.9 Å². The first-order valence-corrected chi connectivity index (χ1v) is 8.30. The molecule has 0 spiro atoms. The van der Waals surface area contributed by atoms with Gasteiger partial charge in [0.15, 0.2) is 11.5 Å². The molecule has 2 aromatic heterocycles. The largest absolute Gasteiger partial charge is 0.383 e. The van der Waals surface area contributed by atoms with Crippen molar-refractivity contribution in [3.8, 4) is 0 Å². The molecule has 1 amide bonds. The molecule has 1 N–H and O–H groups in total. The number of hydrogen-bond acceptors (Lipinski definition) is 7. The predicted molar refractivity (Wildman–Crippen MR) is 94.9 cm³/mol. The van der Waals surface area contributed by atoms with Crippen molar-refractivity contribution in [1.82, 2.24) is 20.5 Å². The van der Waals surface area contributed by atoms with E-state index in [0.29, 0.717) is 18.8 Å². The van der Waals surface area contributed by atoms with Gasteiger partial charge in [-0.2, -0.15) is 0 Å². The maximum Gasteiger partial charge on any atom is 0.271 e. The molecule has 3 rings (SSSR count). The van der Waals surface area contributed by atoms with Gasteiger partial charge in [0.2, 0.25) is 0 Å². The predicted octanol–water partition coefficient (Wildman–Crippen LogP) is 0.574. The Morgan fingerprint density at radius 3 is 2.44 bits per heavy atom. The van der Waals surface area contributed by atoms with Crippen LogP contribution in [0.3, 0.4) is 0 Å². The van der Waals surface area contributed by atoms with E-state index in [9.17, 15) is 4.79 Å². The van der Waals surface area contributed by atoms with Crippen molar-refractivity contribution in [2.45, 2.75) is 0 Å². The Morgan fingerprint density at radius 1 is 1.08 bits per heavy atom. The molecule has 1 aliphatic heterocycles. The van der Waals surface area contributed by atoms with Crippen LogP contribution in [-0.4, -0.2) is 67.5 Å². The first-order valence-electron chi connectivity index (χ1n) is 8.30. The van der Waals surface area contributed by atoms with Crippen molar-refractivity contribution >= 4 is 17.5 Å². The van der Waals surface area contributed by atoms with Crippen LogP contribution in [0.15, 0.2) is 36.5 Å². The van der Waals surface area contributed by atoms with Gasteiger partial charge in [0.05, 0.1) is 6.61 Å². The fourth-order valence-electron chi connectivity index (χ4n) is 2.68. The number of nitrogens with zero attached hydrogens (tertiary/aromatic N) is 5. The van der Waals surface area contributed by atoms with E-state index in [-0.39, 0.29) is 5.91 Å². The fourth-order valence-corrected chi connectivity index (χ4v) is 2.68. The van der Waals surface area contributed by atoms with Crippen molar-refractivity contribution < 1.29 is 9.53 Å². The van der Waals surface area contributed by atoms with E-state index in [1.807, 2.05) is 30.5 Å². The first-order chi connectivity index (χ1) is 12.3. The molecule has 8 nitrogen and oxygen atoms in total. The van der Waals surface area contributed by atoms with Gasteiger partial charge in [0.1, 0.15) is 5.82 Å². The summed E-state index contributed by atoms with van der Waals surface area (Å²) in [6.45, 7) is 4.34. The highest BCUT2D eigenvalue weighted by molar-refractivity contribution is 5.92. The molecule has 0 aromatic carbocycles. The molecule has 0 unspecified atom stereocenters. The molecule has 0 aliphatic carbocycles. The Bertz CT molecular complexity index is 671. The molecule has 0 atom stereocenters. The topological polar surface area (TPSA) is 83.5 Å². The summed E-state index contributed by atoms with van der Waals surface area (Å²) >= 11 is 0. The van der Waals surface area contributed by atoms with Crippen LogP contribution in [-0.2, 0) is 4.74 Å². The molecule has 132 valence electrons. The molecule has 25 heavy (non-hydrogen) atoms. The number of ether oxygens (including phenoxy) is 1. The minimum Gasteiger partial charge on any atom is -0.383 e. The molecule has 3 heterocycles. The van der Waals surface area contributed by atoms with Crippen LogP contribution in [0.1, 0.15) is 10.5 Å². The van der Waals surface area contributed by atoms with Crippen LogP contribution < -0.4 is 15.1 Å². The van der Waals surface area contributed by atoms with Crippen LogP contribution in [0.4, 0.5) is 11.6 Å². The lowest BCUT2D eigenvalue weighted by atomic mass is 10.3. The average molecular weight is 342 g/mol. The molecule has 1 aliphatic rings. The number of carbonyl (C=O) groups is 1. The van der Waals surface area contributed by atoms with Crippen molar-refractivity contribution in [2.24, 2.45) is 0 Å². The molecule has 0 bridgehead atoms. The van der Waals surface area contributed by atoms with Gasteiger partial charge in [0, 0.05) is 46.0 Å². The van der Waals surface area contributed by atoms with E-state index < -0.39 is 0 Å². The Kier molecular flexibility index (Phi) is 5.73. The summed E-state index contributed by atoms with van der Waals surface area (Å²) in [6.07, 6.45) is 1.81. The Hall–Kier alpha value is -2.74. The second-order valence-corrected chi connectivity index (χ2v) is 5.69. The number of hydrogen-bond donors (Lipinski definition) is 1. The number of pyridine rings is 1. The van der Waals surface area contributed by atoms with Crippen LogP contribution in [0.5, 0.6) is 0 Å². The summed E-state index contributed by atoms with van der Waals surface area (Å²) in [5, 5.41) is 11.0. The molecule has 8 heteroatoms. The lowest BCUT2D eigenvalue weighted by molar-refractivity contribution is 0.0931. The third-order valence-electron chi connectivity index (χ3n) is 4.05. The highest BCUT2D eigenvalue weighted by Crippen LogP contribution is 2.16. The van der Waals surface area contributed by atoms with Crippen LogP contribution >= 0.6 is 0 Å². The van der Waals surface area contributed by atoms with Gasteiger partial charge in [-0.1, -0.05) is 6.07 Å². The summed E-state index contributed by atoms with van der Waals surface area (Å²) < 4.78 is 4.90. The average Bonchev–Trinajstić information content (AvgIpc) is 2.69. The van der Waals surface area contributed by atoms with E-state index in [1.165, 1.54) is 0 Å². The third-order valence-corrected chi connectivity index (χ3v) is 4.05. The second kappa shape index (κ2) is 8.39.